The summed E-state index contributed by atoms with van der Waals surface area (Å²) in [5.41, 5.74) is 1.57. The zero-order valence-corrected chi connectivity index (χ0v) is 15.7. The van der Waals surface area contributed by atoms with Crippen LogP contribution in [-0.2, 0) is 11.4 Å². The van der Waals surface area contributed by atoms with Crippen LogP contribution in [0.4, 0.5) is 4.39 Å². The average Bonchev–Trinajstić information content (AvgIpc) is 2.52. The standard InChI is InChI=1S/C18H21ClFNO2S/c1-18(2,3)24(22)21-17(12-5-8-14(20)9-6-12)15-10-7-13(19)11-16(15)23-4/h5-11,17,21H,1-4H3. The number of methoxy groups -OCH3 is 1. The minimum atomic E-state index is -1.32. The average molecular weight is 370 g/mol. The van der Waals surface area contributed by atoms with Gasteiger partial charge in [0, 0.05) is 21.9 Å². The molecular formula is C18H21ClFNO2S. The van der Waals surface area contributed by atoms with Crippen molar-refractivity contribution < 1.29 is 13.7 Å². The Morgan fingerprint density at radius 2 is 1.79 bits per heavy atom. The lowest BCUT2D eigenvalue weighted by Crippen LogP contribution is -2.41. The molecule has 0 spiro atoms. The summed E-state index contributed by atoms with van der Waals surface area (Å²) in [6, 6.07) is 11.0. The van der Waals surface area contributed by atoms with E-state index in [4.69, 9.17) is 16.3 Å². The molecule has 2 rings (SSSR count). The quantitative estimate of drug-likeness (QED) is 0.781. The van der Waals surface area contributed by atoms with Crippen molar-refractivity contribution in [1.29, 1.82) is 0 Å². The summed E-state index contributed by atoms with van der Waals surface area (Å²) in [4.78, 5) is 0. The fourth-order valence-corrected chi connectivity index (χ4v) is 3.17. The summed E-state index contributed by atoms with van der Waals surface area (Å²) in [6.45, 7) is 5.66. The summed E-state index contributed by atoms with van der Waals surface area (Å²) in [5, 5.41) is 0.547. The van der Waals surface area contributed by atoms with Crippen LogP contribution in [0.5, 0.6) is 5.75 Å². The zero-order valence-electron chi connectivity index (χ0n) is 14.1. The van der Waals surface area contributed by atoms with Gasteiger partial charge in [0.2, 0.25) is 0 Å². The third-order valence-corrected chi connectivity index (χ3v) is 5.29. The largest absolute Gasteiger partial charge is 0.598 e. The molecule has 0 amide bonds. The van der Waals surface area contributed by atoms with Crippen LogP contribution in [0.2, 0.25) is 5.02 Å². The molecule has 0 saturated heterocycles. The number of rotatable bonds is 5. The summed E-state index contributed by atoms with van der Waals surface area (Å²) in [7, 11) is 1.55. The summed E-state index contributed by atoms with van der Waals surface area (Å²) < 4.78 is 34.0. The Morgan fingerprint density at radius 1 is 1.17 bits per heavy atom. The summed E-state index contributed by atoms with van der Waals surface area (Å²) in [6.07, 6.45) is 0. The monoisotopic (exact) mass is 369 g/mol. The van der Waals surface area contributed by atoms with E-state index in [2.05, 4.69) is 4.72 Å². The number of hydrogen-bond donors (Lipinski definition) is 1. The number of hydrogen-bond acceptors (Lipinski definition) is 3. The maximum absolute atomic E-state index is 13.3. The van der Waals surface area contributed by atoms with Crippen molar-refractivity contribution in [3.8, 4) is 5.75 Å². The molecule has 0 heterocycles. The van der Waals surface area contributed by atoms with E-state index in [0.29, 0.717) is 10.8 Å². The minimum Gasteiger partial charge on any atom is -0.598 e. The van der Waals surface area contributed by atoms with E-state index in [9.17, 15) is 8.94 Å². The van der Waals surface area contributed by atoms with Crippen molar-refractivity contribution >= 4 is 23.0 Å². The highest BCUT2D eigenvalue weighted by atomic mass is 35.5. The molecule has 3 nitrogen and oxygen atoms in total. The number of nitrogens with one attached hydrogen (secondary N) is 1. The van der Waals surface area contributed by atoms with Gasteiger partial charge in [0.15, 0.2) is 0 Å². The molecule has 24 heavy (non-hydrogen) atoms. The smallest absolute Gasteiger partial charge is 0.136 e. The van der Waals surface area contributed by atoms with Crippen LogP contribution in [-0.4, -0.2) is 16.4 Å². The molecule has 0 aliphatic carbocycles. The topological polar surface area (TPSA) is 44.3 Å². The number of halogens is 2. The molecule has 6 heteroatoms. The first kappa shape index (κ1) is 19.1. The SMILES string of the molecule is COc1cc(Cl)ccc1C(N[S+]([O-])C(C)(C)C)c1ccc(F)cc1. The van der Waals surface area contributed by atoms with Gasteiger partial charge in [-0.15, -0.1) is 4.72 Å². The normalized spacial score (nSPS) is 14.3. The molecule has 2 aromatic rings. The molecule has 0 fully saturated rings. The van der Waals surface area contributed by atoms with Gasteiger partial charge in [0.25, 0.3) is 0 Å². The lowest BCUT2D eigenvalue weighted by molar-refractivity contribution is 0.406. The van der Waals surface area contributed by atoms with Crippen LogP contribution in [0.3, 0.4) is 0 Å². The predicted octanol–water partition coefficient (Wildman–Crippen LogP) is 4.63. The molecular weight excluding hydrogens is 349 g/mol. The third-order valence-electron chi connectivity index (χ3n) is 3.49. The lowest BCUT2D eigenvalue weighted by Gasteiger charge is -2.29. The highest BCUT2D eigenvalue weighted by Gasteiger charge is 2.31. The van der Waals surface area contributed by atoms with E-state index >= 15 is 0 Å². The van der Waals surface area contributed by atoms with Crippen molar-refractivity contribution in [2.75, 3.05) is 7.11 Å². The van der Waals surface area contributed by atoms with E-state index in [1.807, 2.05) is 26.8 Å². The van der Waals surface area contributed by atoms with Gasteiger partial charge in [-0.05, 0) is 50.6 Å². The summed E-state index contributed by atoms with van der Waals surface area (Å²) >= 11 is 4.71. The molecule has 0 aromatic heterocycles. The molecule has 1 N–H and O–H groups in total. The molecule has 2 atom stereocenters. The van der Waals surface area contributed by atoms with Crippen molar-refractivity contribution in [2.24, 2.45) is 0 Å². The second kappa shape index (κ2) is 7.74. The van der Waals surface area contributed by atoms with Crippen LogP contribution in [0.15, 0.2) is 42.5 Å². The fourth-order valence-electron chi connectivity index (χ4n) is 2.17. The molecule has 130 valence electrons. The van der Waals surface area contributed by atoms with E-state index in [-0.39, 0.29) is 5.82 Å². The second-order valence-corrected chi connectivity index (χ2v) is 8.80. The van der Waals surface area contributed by atoms with Gasteiger partial charge in [0.05, 0.1) is 7.11 Å². The minimum absolute atomic E-state index is 0.322. The predicted molar refractivity (Wildman–Crippen MR) is 97.3 cm³/mol. The first-order chi connectivity index (χ1) is 11.2. The zero-order chi connectivity index (χ0) is 17.9. The third kappa shape index (κ3) is 4.63. The van der Waals surface area contributed by atoms with Crippen molar-refractivity contribution in [1.82, 2.24) is 4.72 Å². The van der Waals surface area contributed by atoms with Gasteiger partial charge < -0.3 is 9.29 Å². The molecule has 0 bridgehead atoms. The highest BCUT2D eigenvalue weighted by Crippen LogP contribution is 2.34. The van der Waals surface area contributed by atoms with Crippen molar-refractivity contribution in [3.63, 3.8) is 0 Å². The molecule has 0 radical (unpaired) electrons. The van der Waals surface area contributed by atoms with E-state index in [1.165, 1.54) is 12.1 Å². The lowest BCUT2D eigenvalue weighted by atomic mass is 9.99. The Kier molecular flexibility index (Phi) is 6.15. The molecule has 2 unspecified atom stereocenters. The Hall–Kier alpha value is -1.27. The first-order valence-corrected chi connectivity index (χ1v) is 9.02. The van der Waals surface area contributed by atoms with Crippen LogP contribution < -0.4 is 9.46 Å². The Morgan fingerprint density at radius 3 is 2.33 bits per heavy atom. The Balaban J connectivity index is 2.48. The Bertz CT molecular complexity index is 688. The van der Waals surface area contributed by atoms with Gasteiger partial charge in [-0.3, -0.25) is 0 Å². The van der Waals surface area contributed by atoms with Crippen LogP contribution in [0.1, 0.15) is 37.9 Å². The molecule has 2 aromatic carbocycles. The second-order valence-electron chi connectivity index (χ2n) is 6.37. The maximum Gasteiger partial charge on any atom is 0.136 e. The van der Waals surface area contributed by atoms with Crippen molar-refractivity contribution in [3.05, 3.63) is 64.4 Å². The van der Waals surface area contributed by atoms with Gasteiger partial charge in [0.1, 0.15) is 22.4 Å². The summed E-state index contributed by atoms with van der Waals surface area (Å²) in [5.74, 6) is 0.257. The van der Waals surface area contributed by atoms with Gasteiger partial charge >= 0.3 is 0 Å². The highest BCUT2D eigenvalue weighted by molar-refractivity contribution is 7.90. The van der Waals surface area contributed by atoms with Gasteiger partial charge in [-0.2, -0.15) is 0 Å². The molecule has 0 saturated carbocycles. The maximum atomic E-state index is 13.3. The van der Waals surface area contributed by atoms with E-state index in [1.54, 1.807) is 31.4 Å². The van der Waals surface area contributed by atoms with Crippen LogP contribution in [0, 0.1) is 5.82 Å². The first-order valence-electron chi connectivity index (χ1n) is 7.49. The number of ether oxygens (including phenoxy) is 1. The fraction of sp³-hybridized carbons (Fsp3) is 0.333. The van der Waals surface area contributed by atoms with E-state index in [0.717, 1.165) is 11.1 Å². The van der Waals surface area contributed by atoms with Crippen molar-refractivity contribution in [2.45, 2.75) is 31.6 Å². The van der Waals surface area contributed by atoms with Gasteiger partial charge in [-0.1, -0.05) is 29.8 Å². The Labute approximate surface area is 150 Å². The molecule has 0 aliphatic rings. The van der Waals surface area contributed by atoms with Crippen LogP contribution >= 0.6 is 11.6 Å². The molecule has 0 aliphatic heterocycles. The van der Waals surface area contributed by atoms with E-state index < -0.39 is 22.2 Å². The number of benzene rings is 2. The van der Waals surface area contributed by atoms with Gasteiger partial charge in [-0.25, -0.2) is 4.39 Å². The van der Waals surface area contributed by atoms with Crippen LogP contribution in [0.25, 0.3) is 0 Å².